The van der Waals surface area contributed by atoms with Gasteiger partial charge in [-0.05, 0) is 40.9 Å². The monoisotopic (exact) mass is 443 g/mol. The molecule has 12 heteroatoms. The van der Waals surface area contributed by atoms with Gasteiger partial charge in [0, 0.05) is 19.1 Å². The molecule has 4 unspecified atom stereocenters. The van der Waals surface area contributed by atoms with E-state index in [1.165, 1.54) is 38.1 Å². The van der Waals surface area contributed by atoms with E-state index >= 15 is 0 Å². The maximum absolute atomic E-state index is 12.6. The first-order valence-corrected chi connectivity index (χ1v) is 10.3. The molecule has 1 saturated heterocycles. The molecule has 1 aliphatic rings. The van der Waals surface area contributed by atoms with Crippen molar-refractivity contribution in [2.45, 2.75) is 37.9 Å². The molecule has 1 N–H and O–H groups in total. The first-order chi connectivity index (χ1) is 13.5. The standard InChI is InChI=1S/C17H18ClN3O7S/c1-9(2)14(20-15(23)13(19-10(3)22)16(20)29(18)27)17(24)28-8-11-4-6-12(7-5-11)21(25)26/h4-7,13-14,16H,1,8H2,2-3H3,(H,19,22). The average Bonchev–Trinajstić information content (AvgIpc) is 2.64. The molecule has 1 aromatic rings. The summed E-state index contributed by atoms with van der Waals surface area (Å²) in [6, 6.07) is 3.03. The lowest BCUT2D eigenvalue weighted by atomic mass is 9.99. The molecule has 1 fully saturated rings. The van der Waals surface area contributed by atoms with Crippen LogP contribution >= 0.6 is 10.7 Å². The van der Waals surface area contributed by atoms with Crippen molar-refractivity contribution in [2.75, 3.05) is 0 Å². The highest BCUT2D eigenvalue weighted by atomic mass is 35.7. The largest absolute Gasteiger partial charge is 0.459 e. The molecule has 1 aromatic carbocycles. The van der Waals surface area contributed by atoms with E-state index in [0.717, 1.165) is 4.90 Å². The predicted molar refractivity (Wildman–Crippen MR) is 104 cm³/mol. The zero-order chi connectivity index (χ0) is 21.9. The maximum Gasteiger partial charge on any atom is 0.333 e. The SMILES string of the molecule is C=C(C)C(C(=O)OCc1ccc([N+](=O)[O-])cc1)N1C(=O)C(NC(C)=O)C1S(=O)Cl. The molecular weight excluding hydrogens is 426 g/mol. The smallest absolute Gasteiger partial charge is 0.333 e. The highest BCUT2D eigenvalue weighted by molar-refractivity contribution is 8.08. The number of nitrogens with one attached hydrogen (secondary N) is 1. The number of carbonyl (C=O) groups excluding carboxylic acids is 3. The Labute approximate surface area is 172 Å². The molecule has 0 spiro atoms. The van der Waals surface area contributed by atoms with E-state index < -0.39 is 50.2 Å². The average molecular weight is 444 g/mol. The summed E-state index contributed by atoms with van der Waals surface area (Å²) in [6.45, 7) is 6.16. The number of nitrogens with zero attached hydrogens (tertiary/aromatic N) is 2. The summed E-state index contributed by atoms with van der Waals surface area (Å²) >= 11 is 0. The van der Waals surface area contributed by atoms with Crippen LogP contribution in [0.4, 0.5) is 5.69 Å². The number of esters is 1. The molecule has 0 saturated carbocycles. The van der Waals surface area contributed by atoms with Crippen LogP contribution in [0.15, 0.2) is 36.4 Å². The van der Waals surface area contributed by atoms with Crippen LogP contribution in [0.25, 0.3) is 0 Å². The Morgan fingerprint density at radius 1 is 1.38 bits per heavy atom. The fourth-order valence-corrected chi connectivity index (χ4v) is 4.18. The quantitative estimate of drug-likeness (QED) is 0.159. The molecule has 4 atom stereocenters. The van der Waals surface area contributed by atoms with Crippen molar-refractivity contribution in [3.63, 3.8) is 0 Å². The maximum atomic E-state index is 12.6. The molecule has 0 aromatic heterocycles. The molecule has 10 nitrogen and oxygen atoms in total. The number of ether oxygens (including phenoxy) is 1. The van der Waals surface area contributed by atoms with Crippen LogP contribution < -0.4 is 5.32 Å². The van der Waals surface area contributed by atoms with E-state index in [9.17, 15) is 28.7 Å². The van der Waals surface area contributed by atoms with Crippen molar-refractivity contribution < 1.29 is 28.3 Å². The van der Waals surface area contributed by atoms with Crippen molar-refractivity contribution in [3.8, 4) is 0 Å². The van der Waals surface area contributed by atoms with Gasteiger partial charge < -0.3 is 15.0 Å². The number of halogens is 1. The number of likely N-dealkylation sites (tertiary alicyclic amines) is 1. The second kappa shape index (κ2) is 9.14. The number of amides is 2. The molecule has 156 valence electrons. The molecule has 1 heterocycles. The number of nitro groups is 1. The van der Waals surface area contributed by atoms with Crippen molar-refractivity contribution in [1.82, 2.24) is 10.2 Å². The fourth-order valence-electron chi connectivity index (χ4n) is 2.81. The molecule has 29 heavy (non-hydrogen) atoms. The van der Waals surface area contributed by atoms with Gasteiger partial charge in [0.15, 0.2) is 11.4 Å². The third-order valence-corrected chi connectivity index (χ3v) is 5.55. The minimum atomic E-state index is -2.07. The van der Waals surface area contributed by atoms with Crippen LogP contribution in [0.5, 0.6) is 0 Å². The third-order valence-electron chi connectivity index (χ3n) is 4.12. The number of hydrogen-bond acceptors (Lipinski definition) is 7. The van der Waals surface area contributed by atoms with Crippen molar-refractivity contribution in [3.05, 3.63) is 52.1 Å². The molecule has 1 aliphatic heterocycles. The Hall–Kier alpha value is -2.79. The first-order valence-electron chi connectivity index (χ1n) is 8.26. The van der Waals surface area contributed by atoms with Gasteiger partial charge in [-0.25, -0.2) is 9.00 Å². The number of benzene rings is 1. The van der Waals surface area contributed by atoms with Crippen molar-refractivity contribution in [1.29, 1.82) is 0 Å². The first kappa shape index (κ1) is 22.5. The molecule has 0 bridgehead atoms. The van der Waals surface area contributed by atoms with Gasteiger partial charge in [-0.2, -0.15) is 0 Å². The van der Waals surface area contributed by atoms with Crippen LogP contribution in [-0.2, 0) is 35.7 Å². The van der Waals surface area contributed by atoms with E-state index in [-0.39, 0.29) is 17.9 Å². The lowest BCUT2D eigenvalue weighted by Crippen LogP contribution is -2.74. The van der Waals surface area contributed by atoms with Gasteiger partial charge in [0.05, 0.1) is 4.92 Å². The van der Waals surface area contributed by atoms with Crippen LogP contribution in [0.1, 0.15) is 19.4 Å². The van der Waals surface area contributed by atoms with Crippen molar-refractivity contribution in [2.24, 2.45) is 0 Å². The summed E-state index contributed by atoms with van der Waals surface area (Å²) < 4.78 is 17.1. The summed E-state index contributed by atoms with van der Waals surface area (Å²) in [5.74, 6) is -1.99. The van der Waals surface area contributed by atoms with Crippen LogP contribution in [-0.4, -0.2) is 49.3 Å². The van der Waals surface area contributed by atoms with Gasteiger partial charge in [-0.1, -0.05) is 6.58 Å². The van der Waals surface area contributed by atoms with Crippen LogP contribution in [0.2, 0.25) is 0 Å². The van der Waals surface area contributed by atoms with E-state index in [2.05, 4.69) is 11.9 Å². The highest BCUT2D eigenvalue weighted by Crippen LogP contribution is 2.31. The minimum absolute atomic E-state index is 0.109. The molecular formula is C17H18ClN3O7S. The van der Waals surface area contributed by atoms with Gasteiger partial charge >= 0.3 is 5.97 Å². The summed E-state index contributed by atoms with van der Waals surface area (Å²) in [5, 5.41) is 11.9. The van der Waals surface area contributed by atoms with Gasteiger partial charge in [0.25, 0.3) is 5.69 Å². The zero-order valence-electron chi connectivity index (χ0n) is 15.5. The van der Waals surface area contributed by atoms with Gasteiger partial charge in [0.1, 0.15) is 22.7 Å². The highest BCUT2D eigenvalue weighted by Gasteiger charge is 2.56. The lowest BCUT2D eigenvalue weighted by molar-refractivity contribution is -0.384. The number of rotatable bonds is 8. The fraction of sp³-hybridized carbons (Fsp3) is 0.353. The number of non-ortho nitro benzene ring substituents is 1. The Kier molecular flexibility index (Phi) is 7.09. The number of carbonyl (C=O) groups is 3. The van der Waals surface area contributed by atoms with E-state index in [4.69, 9.17) is 15.4 Å². The van der Waals surface area contributed by atoms with Crippen LogP contribution in [0.3, 0.4) is 0 Å². The Morgan fingerprint density at radius 2 is 1.97 bits per heavy atom. The van der Waals surface area contributed by atoms with E-state index in [1.807, 2.05) is 0 Å². The summed E-state index contributed by atoms with van der Waals surface area (Å²) in [6.07, 6.45) is 0. The van der Waals surface area contributed by atoms with E-state index in [1.54, 1.807) is 0 Å². The molecule has 0 radical (unpaired) electrons. The summed E-state index contributed by atoms with van der Waals surface area (Å²) in [5.41, 5.74) is 0.635. The van der Waals surface area contributed by atoms with Gasteiger partial charge in [0.2, 0.25) is 11.8 Å². The topological polar surface area (TPSA) is 136 Å². The summed E-state index contributed by atoms with van der Waals surface area (Å²) in [4.78, 5) is 47.4. The Bertz CT molecular complexity index is 890. The third kappa shape index (κ3) is 4.98. The Morgan fingerprint density at radius 3 is 2.41 bits per heavy atom. The molecule has 2 amide bonds. The van der Waals surface area contributed by atoms with Crippen molar-refractivity contribution >= 4 is 44.2 Å². The minimum Gasteiger partial charge on any atom is -0.459 e. The van der Waals surface area contributed by atoms with Gasteiger partial charge in [-0.3, -0.25) is 19.7 Å². The molecule has 2 rings (SSSR count). The van der Waals surface area contributed by atoms with Crippen LogP contribution in [0, 0.1) is 10.1 Å². The molecule has 0 aliphatic carbocycles. The zero-order valence-corrected chi connectivity index (χ0v) is 17.1. The second-order valence-electron chi connectivity index (χ2n) is 6.34. The normalized spacial score (nSPS) is 20.2. The van der Waals surface area contributed by atoms with E-state index in [0.29, 0.717) is 5.56 Å². The van der Waals surface area contributed by atoms with Gasteiger partial charge in [-0.15, -0.1) is 0 Å². The Balaban J connectivity index is 2.13. The second-order valence-corrected chi connectivity index (χ2v) is 8.23. The number of β-lactam (4-membered cyclic amide) rings is 1. The number of hydrogen-bond donors (Lipinski definition) is 1. The summed E-state index contributed by atoms with van der Waals surface area (Å²) in [7, 11) is 3.60. The lowest BCUT2D eigenvalue weighted by Gasteiger charge is -2.48. The predicted octanol–water partition coefficient (Wildman–Crippen LogP) is 1.16. The number of nitro benzene ring substituents is 1.